The number of nitrogens with zero attached hydrogens (tertiary/aromatic N) is 3. The Kier molecular flexibility index (Phi) is 3.48. The first-order chi connectivity index (χ1) is 10.2. The van der Waals surface area contributed by atoms with Crippen molar-refractivity contribution in [3.63, 3.8) is 0 Å². The van der Waals surface area contributed by atoms with Crippen molar-refractivity contribution >= 4 is 11.6 Å². The monoisotopic (exact) mass is 282 g/mol. The molecule has 108 valence electrons. The summed E-state index contributed by atoms with van der Waals surface area (Å²) >= 11 is 0. The Bertz CT molecular complexity index is 649. The highest BCUT2D eigenvalue weighted by Crippen LogP contribution is 2.31. The molecule has 1 aliphatic heterocycles. The van der Waals surface area contributed by atoms with Gasteiger partial charge in [-0.2, -0.15) is 0 Å². The molecule has 21 heavy (non-hydrogen) atoms. The number of aromatic nitrogens is 1. The summed E-state index contributed by atoms with van der Waals surface area (Å²) < 4.78 is 5.19. The second-order valence-electron chi connectivity index (χ2n) is 5.02. The third kappa shape index (κ3) is 2.54. The smallest absolute Gasteiger partial charge is 0.196 e. The van der Waals surface area contributed by atoms with Crippen molar-refractivity contribution in [3.8, 4) is 5.75 Å². The van der Waals surface area contributed by atoms with Gasteiger partial charge in [0.25, 0.3) is 0 Å². The average Bonchev–Trinajstić information content (AvgIpc) is 2.90. The van der Waals surface area contributed by atoms with Gasteiger partial charge in [0, 0.05) is 17.6 Å². The van der Waals surface area contributed by atoms with E-state index >= 15 is 0 Å². The Morgan fingerprint density at radius 2 is 1.95 bits per heavy atom. The fourth-order valence-electron chi connectivity index (χ4n) is 2.48. The number of pyridine rings is 1. The number of methoxy groups -OCH3 is 1. The molecule has 0 aliphatic carbocycles. The molecule has 1 unspecified atom stereocenters. The second-order valence-corrected chi connectivity index (χ2v) is 5.02. The molecule has 1 atom stereocenters. The lowest BCUT2D eigenvalue weighted by molar-refractivity contribution is 0.415. The van der Waals surface area contributed by atoms with Gasteiger partial charge in [-0.25, -0.2) is 0 Å². The number of nitrogens with two attached hydrogens (primary N) is 1. The minimum Gasteiger partial charge on any atom is -0.497 e. The zero-order valence-corrected chi connectivity index (χ0v) is 12.2. The maximum absolute atomic E-state index is 6.06. The van der Waals surface area contributed by atoms with Crippen molar-refractivity contribution in [1.82, 2.24) is 4.98 Å². The van der Waals surface area contributed by atoms with E-state index in [2.05, 4.69) is 16.0 Å². The van der Waals surface area contributed by atoms with E-state index in [1.807, 2.05) is 48.4 Å². The summed E-state index contributed by atoms with van der Waals surface area (Å²) in [6.07, 6.45) is 1.89. The van der Waals surface area contributed by atoms with E-state index in [9.17, 15) is 0 Å². The van der Waals surface area contributed by atoms with Gasteiger partial charge in [-0.05, 0) is 42.8 Å². The summed E-state index contributed by atoms with van der Waals surface area (Å²) in [6, 6.07) is 12.0. The van der Waals surface area contributed by atoms with Crippen LogP contribution in [0.5, 0.6) is 5.75 Å². The minimum absolute atomic E-state index is 0.0893. The fraction of sp³-hybridized carbons (Fsp3) is 0.250. The summed E-state index contributed by atoms with van der Waals surface area (Å²) in [7, 11) is 1.65. The number of hydrogen-bond donors (Lipinski definition) is 1. The molecule has 5 heteroatoms. The van der Waals surface area contributed by atoms with Crippen LogP contribution in [-0.4, -0.2) is 24.6 Å². The number of rotatable bonds is 3. The molecule has 0 fully saturated rings. The maximum atomic E-state index is 6.06. The Labute approximate surface area is 124 Å². The van der Waals surface area contributed by atoms with Gasteiger partial charge in [-0.15, -0.1) is 0 Å². The molecule has 5 nitrogen and oxygen atoms in total. The topological polar surface area (TPSA) is 63.7 Å². The van der Waals surface area contributed by atoms with Gasteiger partial charge < -0.3 is 15.4 Å². The van der Waals surface area contributed by atoms with E-state index in [1.165, 1.54) is 0 Å². The summed E-state index contributed by atoms with van der Waals surface area (Å²) in [5.41, 5.74) is 9.18. The summed E-state index contributed by atoms with van der Waals surface area (Å²) in [4.78, 5) is 10.8. The molecular weight excluding hydrogens is 264 g/mol. The molecule has 0 spiro atoms. The van der Waals surface area contributed by atoms with Crippen LogP contribution in [0.15, 0.2) is 47.6 Å². The first-order valence-corrected chi connectivity index (χ1v) is 6.85. The molecule has 0 saturated heterocycles. The SMILES string of the molecule is COc1ccc(N2C(N)=NCC2c2ccc(C)nc2)cc1. The quantitative estimate of drug-likeness (QED) is 0.938. The molecule has 2 N–H and O–H groups in total. The highest BCUT2D eigenvalue weighted by molar-refractivity contribution is 5.97. The minimum atomic E-state index is 0.0893. The highest BCUT2D eigenvalue weighted by atomic mass is 16.5. The summed E-state index contributed by atoms with van der Waals surface area (Å²) in [5, 5.41) is 0. The molecule has 1 aromatic carbocycles. The van der Waals surface area contributed by atoms with Crippen molar-refractivity contribution in [3.05, 3.63) is 53.9 Å². The molecule has 2 heterocycles. The summed E-state index contributed by atoms with van der Waals surface area (Å²) in [5.74, 6) is 1.35. The van der Waals surface area contributed by atoms with E-state index in [1.54, 1.807) is 7.11 Å². The van der Waals surface area contributed by atoms with Crippen LogP contribution in [0.4, 0.5) is 5.69 Å². The van der Waals surface area contributed by atoms with Crippen LogP contribution in [0.3, 0.4) is 0 Å². The number of aliphatic imine (C=N–C) groups is 1. The lowest BCUT2D eigenvalue weighted by atomic mass is 10.1. The standard InChI is InChI=1S/C16H18N4O/c1-11-3-4-12(9-18-11)15-10-19-16(17)20(15)13-5-7-14(21-2)8-6-13/h3-9,15H,10H2,1-2H3,(H2,17,19). The number of hydrogen-bond acceptors (Lipinski definition) is 5. The highest BCUT2D eigenvalue weighted by Gasteiger charge is 2.28. The number of anilines is 1. The van der Waals surface area contributed by atoms with E-state index in [4.69, 9.17) is 10.5 Å². The Hall–Kier alpha value is -2.56. The summed E-state index contributed by atoms with van der Waals surface area (Å²) in [6.45, 7) is 2.62. The lowest BCUT2D eigenvalue weighted by Crippen LogP contribution is -2.36. The van der Waals surface area contributed by atoms with Crippen LogP contribution < -0.4 is 15.4 Å². The van der Waals surface area contributed by atoms with Gasteiger partial charge in [0.1, 0.15) is 5.75 Å². The third-order valence-corrected chi connectivity index (χ3v) is 3.65. The Morgan fingerprint density at radius 3 is 2.57 bits per heavy atom. The van der Waals surface area contributed by atoms with Crippen LogP contribution in [-0.2, 0) is 0 Å². The molecule has 1 aliphatic rings. The van der Waals surface area contributed by atoms with Crippen molar-refractivity contribution in [2.24, 2.45) is 10.7 Å². The van der Waals surface area contributed by atoms with Gasteiger partial charge in [-0.1, -0.05) is 6.07 Å². The van der Waals surface area contributed by atoms with Gasteiger partial charge in [-0.3, -0.25) is 9.98 Å². The molecule has 0 radical (unpaired) electrons. The van der Waals surface area contributed by atoms with Crippen LogP contribution in [0, 0.1) is 6.92 Å². The fourth-order valence-corrected chi connectivity index (χ4v) is 2.48. The van der Waals surface area contributed by atoms with Crippen LogP contribution in [0.25, 0.3) is 0 Å². The third-order valence-electron chi connectivity index (χ3n) is 3.65. The van der Waals surface area contributed by atoms with Gasteiger partial charge >= 0.3 is 0 Å². The van der Waals surface area contributed by atoms with E-state index < -0.39 is 0 Å². The van der Waals surface area contributed by atoms with E-state index in [0.717, 1.165) is 22.7 Å². The first kappa shape index (κ1) is 13.4. The first-order valence-electron chi connectivity index (χ1n) is 6.85. The number of aryl methyl sites for hydroxylation is 1. The van der Waals surface area contributed by atoms with Gasteiger partial charge in [0.2, 0.25) is 0 Å². The molecule has 3 rings (SSSR count). The predicted octanol–water partition coefficient (Wildman–Crippen LogP) is 2.27. The number of guanidine groups is 1. The van der Waals surface area contributed by atoms with Gasteiger partial charge in [0.15, 0.2) is 5.96 Å². The molecule has 1 aromatic heterocycles. The molecule has 0 amide bonds. The van der Waals surface area contributed by atoms with Crippen molar-refractivity contribution in [1.29, 1.82) is 0 Å². The predicted molar refractivity (Wildman–Crippen MR) is 83.7 cm³/mol. The number of benzene rings is 1. The van der Waals surface area contributed by atoms with Crippen LogP contribution >= 0.6 is 0 Å². The molecule has 0 saturated carbocycles. The van der Waals surface area contributed by atoms with Gasteiger partial charge in [0.05, 0.1) is 19.7 Å². The Morgan fingerprint density at radius 1 is 1.19 bits per heavy atom. The largest absolute Gasteiger partial charge is 0.497 e. The zero-order chi connectivity index (χ0) is 14.8. The lowest BCUT2D eigenvalue weighted by Gasteiger charge is -2.26. The van der Waals surface area contributed by atoms with E-state index in [-0.39, 0.29) is 6.04 Å². The Balaban J connectivity index is 1.93. The molecular formula is C16H18N4O. The number of ether oxygens (including phenoxy) is 1. The van der Waals surface area contributed by atoms with Crippen LogP contribution in [0.1, 0.15) is 17.3 Å². The zero-order valence-electron chi connectivity index (χ0n) is 12.2. The van der Waals surface area contributed by atoms with Crippen molar-refractivity contribution in [2.75, 3.05) is 18.6 Å². The van der Waals surface area contributed by atoms with E-state index in [0.29, 0.717) is 12.5 Å². The molecule has 2 aromatic rings. The average molecular weight is 282 g/mol. The maximum Gasteiger partial charge on any atom is 0.196 e. The van der Waals surface area contributed by atoms with Crippen molar-refractivity contribution < 1.29 is 4.74 Å². The second kappa shape index (κ2) is 5.44. The molecule has 0 bridgehead atoms. The van der Waals surface area contributed by atoms with Crippen molar-refractivity contribution in [2.45, 2.75) is 13.0 Å². The normalized spacial score (nSPS) is 17.7. The van der Waals surface area contributed by atoms with Crippen LogP contribution in [0.2, 0.25) is 0 Å².